The number of aromatic hydroxyl groups is 1. The van der Waals surface area contributed by atoms with Crippen LogP contribution < -0.4 is 0 Å². The third-order valence-electron chi connectivity index (χ3n) is 9.60. The first-order chi connectivity index (χ1) is 29.3. The predicted molar refractivity (Wildman–Crippen MR) is 224 cm³/mol. The number of hydrogen-bond acceptors (Lipinski definition) is 3. The Morgan fingerprint density at radius 1 is 0.636 bits per heavy atom. The molecule has 6 aromatic carbocycles. The first-order valence-corrected chi connectivity index (χ1v) is 17.9. The van der Waals surface area contributed by atoms with E-state index in [0.717, 1.165) is 33.5 Å². The normalized spacial score (nSPS) is 13.8. The third kappa shape index (κ3) is 7.57. The first kappa shape index (κ1) is 28.8. The summed E-state index contributed by atoms with van der Waals surface area (Å²) in [5.74, 6) is 0.587. The van der Waals surface area contributed by atoms with E-state index >= 15 is 0 Å². The van der Waals surface area contributed by atoms with Crippen LogP contribution in [0.3, 0.4) is 0 Å². The summed E-state index contributed by atoms with van der Waals surface area (Å²) < 4.78 is 71.0. The second-order valence-corrected chi connectivity index (χ2v) is 15.5. The molecule has 0 atom stereocenters. The number of nitrogens with zero attached hydrogens (tertiary/aromatic N) is 3. The van der Waals surface area contributed by atoms with Crippen LogP contribution >= 0.6 is 0 Å². The maximum atomic E-state index is 11.3. The molecule has 5 heteroatoms. The molecule has 8 aromatic rings. The molecule has 2 aromatic heterocycles. The topological polar surface area (TPSA) is 50.9 Å². The number of para-hydroxylation sites is 2. The number of fused-ring (bicyclic) bond motifs is 1. The van der Waals surface area contributed by atoms with Crippen molar-refractivity contribution in [1.82, 2.24) is 14.5 Å². The van der Waals surface area contributed by atoms with Crippen LogP contribution in [0.2, 0.25) is 0 Å². The van der Waals surface area contributed by atoms with Gasteiger partial charge in [0.05, 0.1) is 27.6 Å². The number of pyridine rings is 1. The van der Waals surface area contributed by atoms with E-state index in [4.69, 9.17) is 14.6 Å². The Morgan fingerprint density at radius 2 is 1.31 bits per heavy atom. The molecular weight excluding hydrogens is 854 g/mol. The molecule has 0 bridgehead atoms. The van der Waals surface area contributed by atoms with E-state index in [2.05, 4.69) is 66.7 Å². The van der Waals surface area contributed by atoms with Gasteiger partial charge in [-0.3, -0.25) is 9.55 Å². The van der Waals surface area contributed by atoms with Crippen molar-refractivity contribution in [1.29, 1.82) is 0 Å². The molecule has 1 N–H and O–H groups in total. The minimum absolute atomic E-state index is 0. The average Bonchev–Trinajstić information content (AvgIpc) is 3.64. The molecule has 0 aliphatic carbocycles. The Kier molecular flexibility index (Phi) is 7.82. The van der Waals surface area contributed by atoms with E-state index in [0.29, 0.717) is 33.6 Å². The molecule has 0 unspecified atom stereocenters. The predicted octanol–water partition coefficient (Wildman–Crippen LogP) is 12.9. The van der Waals surface area contributed by atoms with Crippen molar-refractivity contribution in [3.63, 3.8) is 0 Å². The first-order valence-electron chi connectivity index (χ1n) is 21.9. The second-order valence-electron chi connectivity index (χ2n) is 15.5. The minimum Gasteiger partial charge on any atom is -0.507 e. The summed E-state index contributed by atoms with van der Waals surface area (Å²) in [7, 11) is 0. The smallest absolute Gasteiger partial charge is 0.148 e. The number of rotatable bonds is 6. The van der Waals surface area contributed by atoms with Gasteiger partial charge in [-0.1, -0.05) is 150 Å². The van der Waals surface area contributed by atoms with E-state index < -0.39 is 47.8 Å². The van der Waals surface area contributed by atoms with Gasteiger partial charge in [0.2, 0.25) is 0 Å². The van der Waals surface area contributed by atoms with Crippen LogP contribution in [0.15, 0.2) is 152 Å². The summed E-state index contributed by atoms with van der Waals surface area (Å²) in [5.41, 5.74) is 7.12. The Hall–Kier alpha value is -5.57. The summed E-state index contributed by atoms with van der Waals surface area (Å²) in [6, 6.07) is 33.1. The van der Waals surface area contributed by atoms with E-state index in [1.807, 2.05) is 81.4 Å². The number of benzene rings is 6. The second kappa shape index (κ2) is 14.9. The molecule has 8 rings (SSSR count). The van der Waals surface area contributed by atoms with Crippen LogP contribution in [0.25, 0.3) is 72.7 Å². The van der Waals surface area contributed by atoms with Crippen LogP contribution in [0.5, 0.6) is 5.75 Å². The largest absolute Gasteiger partial charge is 0.507 e. The third-order valence-corrected chi connectivity index (χ3v) is 9.60. The molecule has 276 valence electrons. The number of aromatic nitrogens is 3. The SMILES string of the molecule is [2H]c1nc(-c2[c-]c(-c3cccc4c3nc(-c3ccccc3O)n4-c3cc(-c4ccccc4)cc(C(C)(C)C)c3)cc(C(C)(C)C)c2)c([2H])c(-c2c([2H])c([2H])c([2H])c([2H])c2[2H])c1[2H].[Pt]. The Morgan fingerprint density at radius 3 is 2.04 bits per heavy atom. The maximum Gasteiger partial charge on any atom is 0.148 e. The van der Waals surface area contributed by atoms with E-state index in [1.165, 1.54) is 0 Å². The van der Waals surface area contributed by atoms with Crippen LogP contribution in [-0.2, 0) is 31.9 Å². The van der Waals surface area contributed by atoms with E-state index in [1.54, 1.807) is 12.1 Å². The zero-order valence-electron chi connectivity index (χ0n) is 39.4. The molecule has 0 saturated heterocycles. The van der Waals surface area contributed by atoms with E-state index in [-0.39, 0.29) is 55.1 Å². The molecule has 0 spiro atoms. The molecular formula is C50H44N3OPt-. The van der Waals surface area contributed by atoms with Gasteiger partial charge in [-0.15, -0.1) is 29.3 Å². The van der Waals surface area contributed by atoms with Crippen molar-refractivity contribution in [2.45, 2.75) is 52.4 Å². The zero-order valence-corrected chi connectivity index (χ0v) is 33.7. The Bertz CT molecular complexity index is 3070. The van der Waals surface area contributed by atoms with Crippen LogP contribution in [0.1, 0.15) is 63.6 Å². The van der Waals surface area contributed by atoms with Crippen LogP contribution in [0, 0.1) is 6.07 Å². The van der Waals surface area contributed by atoms with Crippen LogP contribution in [-0.4, -0.2) is 19.6 Å². The molecule has 0 aliphatic heterocycles. The van der Waals surface area contributed by atoms with Gasteiger partial charge in [-0.05, 0) is 75.0 Å². The fraction of sp³-hybridized carbons (Fsp3) is 0.160. The molecule has 4 nitrogen and oxygen atoms in total. The van der Waals surface area contributed by atoms with Gasteiger partial charge in [0.1, 0.15) is 11.6 Å². The van der Waals surface area contributed by atoms with Gasteiger partial charge < -0.3 is 5.11 Å². The average molecular weight is 906 g/mol. The molecule has 0 radical (unpaired) electrons. The van der Waals surface area contributed by atoms with E-state index in [9.17, 15) is 6.48 Å². The zero-order chi connectivity index (χ0) is 44.6. The molecule has 0 amide bonds. The maximum absolute atomic E-state index is 11.3. The molecule has 0 aliphatic rings. The van der Waals surface area contributed by atoms with Gasteiger partial charge >= 0.3 is 0 Å². The van der Waals surface area contributed by atoms with Gasteiger partial charge in [0.15, 0.2) is 0 Å². The van der Waals surface area contributed by atoms with Crippen LogP contribution in [0.4, 0.5) is 0 Å². The molecule has 55 heavy (non-hydrogen) atoms. The molecule has 0 fully saturated rings. The van der Waals surface area contributed by atoms with Gasteiger partial charge in [-0.25, -0.2) is 4.98 Å². The minimum atomic E-state index is -0.606. The summed E-state index contributed by atoms with van der Waals surface area (Å²) in [6.07, 6.45) is -0.519. The van der Waals surface area contributed by atoms with Gasteiger partial charge in [-0.2, -0.15) is 0 Å². The number of phenols is 1. The Balaban J connectivity index is 0.00000595. The Labute approximate surface area is 350 Å². The summed E-state index contributed by atoms with van der Waals surface area (Å²) in [6.45, 7) is 12.7. The summed E-state index contributed by atoms with van der Waals surface area (Å²) in [5, 5.41) is 11.3. The molecule has 0 saturated carbocycles. The fourth-order valence-corrected chi connectivity index (χ4v) is 6.61. The van der Waals surface area contributed by atoms with Crippen molar-refractivity contribution in [2.24, 2.45) is 0 Å². The van der Waals surface area contributed by atoms with Crippen molar-refractivity contribution in [3.05, 3.63) is 169 Å². The number of hydrogen-bond donors (Lipinski definition) is 1. The quantitative estimate of drug-likeness (QED) is 0.169. The summed E-state index contributed by atoms with van der Waals surface area (Å²) >= 11 is 0. The van der Waals surface area contributed by atoms with Gasteiger partial charge in [0, 0.05) is 38.6 Å². The number of imidazole rings is 1. The van der Waals surface area contributed by atoms with Crippen molar-refractivity contribution >= 4 is 11.0 Å². The van der Waals surface area contributed by atoms with Crippen molar-refractivity contribution in [3.8, 4) is 67.5 Å². The van der Waals surface area contributed by atoms with Crippen molar-refractivity contribution in [2.75, 3.05) is 0 Å². The molecule has 2 heterocycles. The van der Waals surface area contributed by atoms with Gasteiger partial charge in [0.25, 0.3) is 0 Å². The summed E-state index contributed by atoms with van der Waals surface area (Å²) in [4.78, 5) is 9.71. The fourth-order valence-electron chi connectivity index (χ4n) is 6.61. The van der Waals surface area contributed by atoms with Crippen molar-refractivity contribution < 1.29 is 37.1 Å². The number of phenolic OH excluding ortho intramolecular Hbond substituents is 1. The monoisotopic (exact) mass is 905 g/mol. The standard InChI is InChI=1S/C50H44N3O.Pt/c1-49(2,3)39-28-37(26-38(29-39)44-31-35(24-25-51-44)33-16-9-7-10-17-33)42-21-15-22-45-47(42)52-48(43-20-13-14-23-46(43)54)53(45)41-30-36(34-18-11-8-12-19-34)27-40(32-41)50(4,5)6;/h7-25,27-32,54H,1-6H3;/q-1;/i7D,9D,10D,16D,17D,24D,25D,31D;.